The van der Waals surface area contributed by atoms with Gasteiger partial charge in [-0.05, 0) is 37.9 Å². The third-order valence-corrected chi connectivity index (χ3v) is 3.76. The van der Waals surface area contributed by atoms with Crippen LogP contribution < -0.4 is 0 Å². The van der Waals surface area contributed by atoms with Crippen LogP contribution in [0.25, 0.3) is 0 Å². The molecule has 0 saturated heterocycles. The zero-order chi connectivity index (χ0) is 13.9. The van der Waals surface area contributed by atoms with Crippen LogP contribution in [0.4, 0.5) is 0 Å². The first-order valence-electron chi connectivity index (χ1n) is 6.29. The number of nitrogens with zero attached hydrogens (tertiary/aromatic N) is 4. The molecule has 104 valence electrons. The number of aryl methyl sites for hydroxylation is 1. The Morgan fingerprint density at radius 1 is 1.40 bits per heavy atom. The van der Waals surface area contributed by atoms with Crippen molar-refractivity contribution in [3.8, 4) is 0 Å². The van der Waals surface area contributed by atoms with Gasteiger partial charge in [0.25, 0.3) is 5.22 Å². The maximum Gasteiger partial charge on any atom is 0.396 e. The molecule has 1 aliphatic rings. The first-order chi connectivity index (χ1) is 9.78. The van der Waals surface area contributed by atoms with Gasteiger partial charge in [-0.1, -0.05) is 5.10 Å². The Morgan fingerprint density at radius 2 is 2.30 bits per heavy atom. The normalized spacial score (nSPS) is 13.2. The molecule has 0 aromatic carbocycles. The van der Waals surface area contributed by atoms with E-state index in [1.165, 1.54) is 18.1 Å². The van der Waals surface area contributed by atoms with Crippen LogP contribution in [0, 0.1) is 0 Å². The van der Waals surface area contributed by atoms with Crippen molar-refractivity contribution < 1.29 is 13.9 Å². The molecule has 20 heavy (non-hydrogen) atoms. The molecule has 0 unspecified atom stereocenters. The van der Waals surface area contributed by atoms with Crippen LogP contribution in [0.15, 0.2) is 21.0 Å². The summed E-state index contributed by atoms with van der Waals surface area (Å²) in [7, 11) is 0. The van der Waals surface area contributed by atoms with Gasteiger partial charge in [0.1, 0.15) is 11.4 Å². The molecule has 1 aliphatic carbocycles. The minimum atomic E-state index is -0.611. The number of aromatic nitrogens is 4. The van der Waals surface area contributed by atoms with Gasteiger partial charge < -0.3 is 9.15 Å². The monoisotopic (exact) mass is 292 g/mol. The number of hydrogen-bond donors (Lipinski definition) is 0. The molecule has 2 heterocycles. The molecular weight excluding hydrogens is 280 g/mol. The minimum Gasteiger partial charge on any atom is -0.459 e. The molecule has 2 aromatic rings. The summed E-state index contributed by atoms with van der Waals surface area (Å²) in [4.78, 5) is 19.9. The molecular formula is C12H12N4O3S. The predicted molar refractivity (Wildman–Crippen MR) is 68.4 cm³/mol. The van der Waals surface area contributed by atoms with Crippen molar-refractivity contribution in [2.75, 3.05) is 6.61 Å². The number of carbonyl (C=O) groups is 1. The van der Waals surface area contributed by atoms with E-state index < -0.39 is 5.97 Å². The Bertz CT molecular complexity index is 643. The fourth-order valence-corrected chi connectivity index (χ4v) is 2.84. The average molecular weight is 292 g/mol. The van der Waals surface area contributed by atoms with Gasteiger partial charge in [0, 0.05) is 11.3 Å². The van der Waals surface area contributed by atoms with Crippen molar-refractivity contribution in [3.63, 3.8) is 0 Å². The van der Waals surface area contributed by atoms with Crippen LogP contribution in [0.2, 0.25) is 0 Å². The van der Waals surface area contributed by atoms with E-state index in [2.05, 4.69) is 20.2 Å². The fraction of sp³-hybridized carbons (Fsp3) is 0.417. The van der Waals surface area contributed by atoms with Gasteiger partial charge in [-0.15, -0.1) is 5.10 Å². The number of ether oxygens (including phenoxy) is 1. The molecule has 0 fully saturated rings. The minimum absolute atomic E-state index is 0.139. The van der Waals surface area contributed by atoms with Gasteiger partial charge in [0.05, 0.1) is 6.61 Å². The molecule has 0 bridgehead atoms. The molecule has 7 nitrogen and oxygen atoms in total. The van der Waals surface area contributed by atoms with Gasteiger partial charge in [-0.25, -0.2) is 14.8 Å². The predicted octanol–water partition coefficient (Wildman–Crippen LogP) is 1.68. The van der Waals surface area contributed by atoms with Crippen LogP contribution in [-0.2, 0) is 17.6 Å². The number of fused-ring (bicyclic) bond motifs is 1. The van der Waals surface area contributed by atoms with E-state index in [1.807, 2.05) is 0 Å². The van der Waals surface area contributed by atoms with E-state index in [1.54, 1.807) is 6.92 Å². The van der Waals surface area contributed by atoms with Crippen molar-refractivity contribution >= 4 is 17.7 Å². The van der Waals surface area contributed by atoms with E-state index in [0.29, 0.717) is 0 Å². The molecule has 2 aromatic heterocycles. The Kier molecular flexibility index (Phi) is 3.64. The van der Waals surface area contributed by atoms with E-state index >= 15 is 0 Å². The SMILES string of the molecule is CCOC(=O)c1nnc(Sc2ncnc3c2CCC3)o1. The average Bonchev–Trinajstić information content (AvgIpc) is 3.08. The molecule has 3 rings (SSSR count). The fourth-order valence-electron chi connectivity index (χ4n) is 2.03. The molecule has 0 saturated carbocycles. The van der Waals surface area contributed by atoms with Crippen molar-refractivity contribution in [2.24, 2.45) is 0 Å². The topological polar surface area (TPSA) is 91.0 Å². The summed E-state index contributed by atoms with van der Waals surface area (Å²) in [5, 5.41) is 8.58. The molecule has 0 spiro atoms. The highest BCUT2D eigenvalue weighted by atomic mass is 32.2. The summed E-state index contributed by atoms with van der Waals surface area (Å²) in [6.45, 7) is 1.98. The highest BCUT2D eigenvalue weighted by molar-refractivity contribution is 7.99. The highest BCUT2D eigenvalue weighted by Gasteiger charge is 2.21. The number of hydrogen-bond acceptors (Lipinski definition) is 8. The van der Waals surface area contributed by atoms with Gasteiger partial charge in [-0.3, -0.25) is 0 Å². The van der Waals surface area contributed by atoms with Crippen LogP contribution >= 0.6 is 11.8 Å². The quantitative estimate of drug-likeness (QED) is 0.621. The number of esters is 1. The van der Waals surface area contributed by atoms with Crippen LogP contribution in [0.1, 0.15) is 35.3 Å². The van der Waals surface area contributed by atoms with E-state index in [-0.39, 0.29) is 17.7 Å². The van der Waals surface area contributed by atoms with Crippen molar-refractivity contribution in [2.45, 2.75) is 36.4 Å². The lowest BCUT2D eigenvalue weighted by Crippen LogP contribution is -2.04. The molecule has 8 heteroatoms. The zero-order valence-electron chi connectivity index (χ0n) is 10.8. The first kappa shape index (κ1) is 13.0. The first-order valence-corrected chi connectivity index (χ1v) is 7.10. The van der Waals surface area contributed by atoms with Crippen LogP contribution in [0.3, 0.4) is 0 Å². The van der Waals surface area contributed by atoms with Gasteiger partial charge >= 0.3 is 11.9 Å². The van der Waals surface area contributed by atoms with Crippen LogP contribution in [-0.4, -0.2) is 32.7 Å². The van der Waals surface area contributed by atoms with Crippen molar-refractivity contribution in [1.29, 1.82) is 0 Å². The smallest absolute Gasteiger partial charge is 0.396 e. The van der Waals surface area contributed by atoms with Gasteiger partial charge in [-0.2, -0.15) is 0 Å². The summed E-state index contributed by atoms with van der Waals surface area (Å²) in [5.41, 5.74) is 2.21. The van der Waals surface area contributed by atoms with Gasteiger partial charge in [0.2, 0.25) is 0 Å². The third kappa shape index (κ3) is 2.51. The van der Waals surface area contributed by atoms with Crippen molar-refractivity contribution in [1.82, 2.24) is 20.2 Å². The molecule has 0 atom stereocenters. The molecule has 0 radical (unpaired) electrons. The summed E-state index contributed by atoms with van der Waals surface area (Å²) in [6, 6.07) is 0. The largest absolute Gasteiger partial charge is 0.459 e. The lowest BCUT2D eigenvalue weighted by Gasteiger charge is -2.02. The second-order valence-corrected chi connectivity index (χ2v) is 5.09. The summed E-state index contributed by atoms with van der Waals surface area (Å²) in [5.74, 6) is -0.750. The Labute approximate surface area is 119 Å². The third-order valence-electron chi connectivity index (χ3n) is 2.88. The van der Waals surface area contributed by atoms with E-state index in [4.69, 9.17) is 9.15 Å². The molecule has 0 N–H and O–H groups in total. The van der Waals surface area contributed by atoms with Crippen LogP contribution in [0.5, 0.6) is 0 Å². The lowest BCUT2D eigenvalue weighted by atomic mass is 10.3. The number of rotatable bonds is 4. The Morgan fingerprint density at radius 3 is 3.15 bits per heavy atom. The maximum absolute atomic E-state index is 11.4. The number of carbonyl (C=O) groups excluding carboxylic acids is 1. The maximum atomic E-state index is 11.4. The van der Waals surface area contributed by atoms with E-state index in [0.717, 1.165) is 35.5 Å². The Balaban J connectivity index is 1.79. The second kappa shape index (κ2) is 5.58. The second-order valence-electron chi connectivity index (χ2n) is 4.15. The molecule has 0 aliphatic heterocycles. The summed E-state index contributed by atoms with van der Waals surface area (Å²) >= 11 is 1.25. The molecule has 0 amide bonds. The lowest BCUT2D eigenvalue weighted by molar-refractivity contribution is 0.0475. The zero-order valence-corrected chi connectivity index (χ0v) is 11.6. The van der Waals surface area contributed by atoms with Gasteiger partial charge in [0.15, 0.2) is 0 Å². The highest BCUT2D eigenvalue weighted by Crippen LogP contribution is 2.32. The standard InChI is InChI=1S/C12H12N4O3S/c1-2-18-11(17)9-15-16-12(19-9)20-10-7-4-3-5-8(7)13-6-14-10/h6H,2-5H2,1H3. The summed E-state index contributed by atoms with van der Waals surface area (Å²) in [6.07, 6.45) is 4.55. The Hall–Kier alpha value is -1.96. The van der Waals surface area contributed by atoms with Crippen molar-refractivity contribution in [3.05, 3.63) is 23.5 Å². The summed E-state index contributed by atoms with van der Waals surface area (Å²) < 4.78 is 10.1. The van der Waals surface area contributed by atoms with E-state index in [9.17, 15) is 4.79 Å².